The van der Waals surface area contributed by atoms with Gasteiger partial charge in [-0.15, -0.1) is 0 Å². The fourth-order valence-electron chi connectivity index (χ4n) is 4.96. The number of nitrogens with zero attached hydrogens (tertiary/aromatic N) is 3. The molecule has 4 heterocycles. The molecule has 4 fully saturated rings. The van der Waals surface area contributed by atoms with Crippen LogP contribution in [0.1, 0.15) is 30.1 Å². The van der Waals surface area contributed by atoms with Crippen LogP contribution in [0.3, 0.4) is 0 Å². The summed E-state index contributed by atoms with van der Waals surface area (Å²) in [5.41, 5.74) is 11.0. The predicted octanol–water partition coefficient (Wildman–Crippen LogP) is 1.40. The van der Waals surface area contributed by atoms with Gasteiger partial charge in [0, 0.05) is 56.3 Å². The lowest BCUT2D eigenvalue weighted by Gasteiger charge is -2.50. The molecule has 6 heteroatoms. The average Bonchev–Trinajstić information content (AvgIpc) is 2.82. The molecule has 1 amide bonds. The van der Waals surface area contributed by atoms with Crippen molar-refractivity contribution < 1.29 is 4.79 Å². The van der Waals surface area contributed by atoms with Gasteiger partial charge in [-0.2, -0.15) is 5.10 Å². The van der Waals surface area contributed by atoms with Gasteiger partial charge in [0.05, 0.1) is 11.3 Å². The van der Waals surface area contributed by atoms with Crippen molar-refractivity contribution in [3.63, 3.8) is 0 Å². The van der Waals surface area contributed by atoms with Crippen LogP contribution in [0.2, 0.25) is 0 Å². The highest BCUT2D eigenvalue weighted by Crippen LogP contribution is 2.41. The number of hydrazone groups is 1. The summed E-state index contributed by atoms with van der Waals surface area (Å²) in [4.78, 5) is 17.7. The number of para-hydroxylation sites is 1. The third-order valence-corrected chi connectivity index (χ3v) is 5.88. The number of carbonyl (C=O) groups is 1. The summed E-state index contributed by atoms with van der Waals surface area (Å²) < 4.78 is 0. The lowest BCUT2D eigenvalue weighted by Crippen LogP contribution is -2.61. The molecule has 4 aliphatic heterocycles. The number of rotatable bonds is 4. The summed E-state index contributed by atoms with van der Waals surface area (Å²) in [7, 11) is 0. The number of amides is 1. The number of fused-ring (bicyclic) bond motifs is 1. The van der Waals surface area contributed by atoms with Crippen LogP contribution in [0.25, 0.3) is 0 Å². The molecule has 25 heavy (non-hydrogen) atoms. The Morgan fingerprint density at radius 1 is 1.28 bits per heavy atom. The van der Waals surface area contributed by atoms with Crippen molar-refractivity contribution in [2.24, 2.45) is 16.4 Å². The summed E-state index contributed by atoms with van der Waals surface area (Å²) in [6.07, 6.45) is 2.26. The first-order valence-corrected chi connectivity index (χ1v) is 9.29. The third kappa shape index (κ3) is 2.93. The maximum atomic E-state index is 12.5. The van der Waals surface area contributed by atoms with Gasteiger partial charge in [-0.1, -0.05) is 25.5 Å². The van der Waals surface area contributed by atoms with E-state index in [-0.39, 0.29) is 11.3 Å². The zero-order chi connectivity index (χ0) is 17.4. The zero-order valence-corrected chi connectivity index (χ0v) is 14.9. The van der Waals surface area contributed by atoms with E-state index in [1.165, 1.54) is 5.71 Å². The van der Waals surface area contributed by atoms with E-state index in [2.05, 4.69) is 27.3 Å². The SMILES string of the molecule is CCCC12CN3CCN(CC(C3)/C1=N/NC(=O)c1ccccc1N)C2. The van der Waals surface area contributed by atoms with Crippen LogP contribution in [0.4, 0.5) is 5.69 Å². The Morgan fingerprint density at radius 3 is 2.60 bits per heavy atom. The highest BCUT2D eigenvalue weighted by Gasteiger charge is 2.51. The molecular weight excluding hydrogens is 314 g/mol. The van der Waals surface area contributed by atoms with Gasteiger partial charge in [0.15, 0.2) is 0 Å². The lowest BCUT2D eigenvalue weighted by atomic mass is 9.68. The monoisotopic (exact) mass is 341 g/mol. The van der Waals surface area contributed by atoms with Gasteiger partial charge in [-0.05, 0) is 18.6 Å². The summed E-state index contributed by atoms with van der Waals surface area (Å²) in [5.74, 6) is 0.203. The predicted molar refractivity (Wildman–Crippen MR) is 99.5 cm³/mol. The minimum atomic E-state index is -0.218. The van der Waals surface area contributed by atoms with Gasteiger partial charge in [-0.3, -0.25) is 4.79 Å². The maximum Gasteiger partial charge on any atom is 0.273 e. The highest BCUT2D eigenvalue weighted by molar-refractivity contribution is 6.01. The van der Waals surface area contributed by atoms with Gasteiger partial charge in [0.1, 0.15) is 0 Å². The second kappa shape index (κ2) is 6.42. The number of hydrogen-bond acceptors (Lipinski definition) is 5. The Hall–Kier alpha value is -1.92. The molecular formula is C19H27N5O. The number of nitrogens with two attached hydrogens (primary N) is 1. The Kier molecular flexibility index (Phi) is 4.25. The molecule has 6 nitrogen and oxygen atoms in total. The number of benzene rings is 1. The lowest BCUT2D eigenvalue weighted by molar-refractivity contribution is 0.0941. The molecule has 0 saturated carbocycles. The highest BCUT2D eigenvalue weighted by atomic mass is 16.2. The first kappa shape index (κ1) is 16.5. The van der Waals surface area contributed by atoms with Crippen molar-refractivity contribution >= 4 is 17.3 Å². The molecule has 134 valence electrons. The van der Waals surface area contributed by atoms with Crippen molar-refractivity contribution in [1.29, 1.82) is 0 Å². The topological polar surface area (TPSA) is 74.0 Å². The van der Waals surface area contributed by atoms with E-state index < -0.39 is 0 Å². The van der Waals surface area contributed by atoms with Gasteiger partial charge in [-0.25, -0.2) is 5.43 Å². The molecule has 0 radical (unpaired) electrons. The van der Waals surface area contributed by atoms with Gasteiger partial charge >= 0.3 is 0 Å². The normalized spacial score (nSPS) is 34.9. The quantitative estimate of drug-likeness (QED) is 0.641. The molecule has 4 bridgehead atoms. The molecule has 5 rings (SSSR count). The van der Waals surface area contributed by atoms with E-state index >= 15 is 0 Å². The van der Waals surface area contributed by atoms with Gasteiger partial charge < -0.3 is 15.5 Å². The number of piperidine rings is 2. The minimum Gasteiger partial charge on any atom is -0.398 e. The zero-order valence-electron chi connectivity index (χ0n) is 14.9. The molecule has 3 N–H and O–H groups in total. The third-order valence-electron chi connectivity index (χ3n) is 5.88. The molecule has 4 aliphatic rings. The number of nitrogens with one attached hydrogen (secondary N) is 1. The summed E-state index contributed by atoms with van der Waals surface area (Å²) in [5, 5.41) is 4.68. The number of anilines is 1. The maximum absolute atomic E-state index is 12.5. The van der Waals surface area contributed by atoms with E-state index in [0.717, 1.165) is 52.1 Å². The molecule has 1 aromatic rings. The van der Waals surface area contributed by atoms with Crippen LogP contribution in [0, 0.1) is 11.3 Å². The molecule has 0 aromatic heterocycles. The first-order valence-electron chi connectivity index (χ1n) is 9.29. The van der Waals surface area contributed by atoms with Gasteiger partial charge in [0.2, 0.25) is 0 Å². The van der Waals surface area contributed by atoms with Crippen molar-refractivity contribution in [2.45, 2.75) is 19.8 Å². The molecule has 2 atom stereocenters. The summed E-state index contributed by atoms with van der Waals surface area (Å²) in [6, 6.07) is 7.14. The van der Waals surface area contributed by atoms with E-state index in [4.69, 9.17) is 5.73 Å². The van der Waals surface area contributed by atoms with E-state index in [1.807, 2.05) is 12.1 Å². The van der Waals surface area contributed by atoms with Crippen molar-refractivity contribution in [3.8, 4) is 0 Å². The number of hydrogen-bond donors (Lipinski definition) is 2. The van der Waals surface area contributed by atoms with Crippen LogP contribution in [-0.4, -0.2) is 60.7 Å². The van der Waals surface area contributed by atoms with E-state index in [0.29, 0.717) is 17.2 Å². The van der Waals surface area contributed by atoms with Gasteiger partial charge in [0.25, 0.3) is 5.91 Å². The van der Waals surface area contributed by atoms with E-state index in [1.54, 1.807) is 12.1 Å². The molecule has 0 spiro atoms. The summed E-state index contributed by atoms with van der Waals surface area (Å²) >= 11 is 0. The summed E-state index contributed by atoms with van der Waals surface area (Å²) in [6.45, 7) is 8.80. The Labute approximate surface area is 149 Å². The second-order valence-corrected chi connectivity index (χ2v) is 7.72. The minimum absolute atomic E-state index is 0.0852. The number of nitrogen functional groups attached to an aromatic ring is 1. The largest absolute Gasteiger partial charge is 0.398 e. The second-order valence-electron chi connectivity index (χ2n) is 7.72. The Morgan fingerprint density at radius 2 is 1.96 bits per heavy atom. The molecule has 0 aliphatic carbocycles. The van der Waals surface area contributed by atoms with Crippen molar-refractivity contribution in [3.05, 3.63) is 29.8 Å². The van der Waals surface area contributed by atoms with Crippen molar-refractivity contribution in [1.82, 2.24) is 15.2 Å². The molecule has 2 unspecified atom stereocenters. The fourth-order valence-corrected chi connectivity index (χ4v) is 4.96. The van der Waals surface area contributed by atoms with Crippen LogP contribution >= 0.6 is 0 Å². The fraction of sp³-hybridized carbons (Fsp3) is 0.579. The molecule has 1 aromatic carbocycles. The molecule has 4 saturated heterocycles. The Balaban J connectivity index is 1.61. The standard InChI is InChI=1S/C19H27N5O/c1-2-7-19-12-23-8-9-24(13-19)11-14(10-23)17(19)21-22-18(25)15-5-3-4-6-16(15)20/h3-6,14H,2,7-13,20H2,1H3,(H,22,25)/b21-17-. The first-order chi connectivity index (χ1) is 12.1. The van der Waals surface area contributed by atoms with Crippen LogP contribution in [0.15, 0.2) is 29.4 Å². The smallest absolute Gasteiger partial charge is 0.273 e. The van der Waals surface area contributed by atoms with Crippen LogP contribution < -0.4 is 11.2 Å². The van der Waals surface area contributed by atoms with Crippen molar-refractivity contribution in [2.75, 3.05) is 45.0 Å². The Bertz CT molecular complexity index is 685. The van der Waals surface area contributed by atoms with Crippen LogP contribution in [0.5, 0.6) is 0 Å². The average molecular weight is 341 g/mol. The van der Waals surface area contributed by atoms with E-state index in [9.17, 15) is 4.79 Å². The number of carbonyl (C=O) groups excluding carboxylic acids is 1. The van der Waals surface area contributed by atoms with Crippen LogP contribution in [-0.2, 0) is 0 Å².